The second kappa shape index (κ2) is 12.4. The van der Waals surface area contributed by atoms with Gasteiger partial charge in [-0.15, -0.1) is 24.9 Å². The zero-order chi connectivity index (χ0) is 26.1. The summed E-state index contributed by atoms with van der Waals surface area (Å²) in [5.41, 5.74) is 0.909. The molecule has 10 heteroatoms. The van der Waals surface area contributed by atoms with E-state index in [0.717, 1.165) is 22.6 Å². The molecule has 0 spiro atoms. The number of alkyl halides is 3. The van der Waals surface area contributed by atoms with Gasteiger partial charge in [-0.2, -0.15) is 0 Å². The Kier molecular flexibility index (Phi) is 9.35. The van der Waals surface area contributed by atoms with Crippen LogP contribution in [-0.4, -0.2) is 35.9 Å². The van der Waals surface area contributed by atoms with Crippen LogP contribution in [-0.2, 0) is 4.79 Å². The van der Waals surface area contributed by atoms with Crippen LogP contribution in [0.25, 0.3) is 0 Å². The topological polar surface area (TPSA) is 74.2 Å². The first-order valence-corrected chi connectivity index (χ1v) is 11.9. The van der Waals surface area contributed by atoms with E-state index < -0.39 is 18.1 Å². The summed E-state index contributed by atoms with van der Waals surface area (Å²) in [6.45, 7) is 4.02. The molecule has 0 radical (unpaired) electrons. The highest BCUT2D eigenvalue weighted by Gasteiger charge is 2.31. The molecule has 1 atom stereocenters. The second-order valence-electron chi connectivity index (χ2n) is 7.75. The molecule has 0 amide bonds. The van der Waals surface area contributed by atoms with E-state index in [2.05, 4.69) is 4.74 Å². The summed E-state index contributed by atoms with van der Waals surface area (Å²) in [6.07, 6.45) is -4.69. The minimum absolute atomic E-state index is 0.0187. The Bertz CT molecular complexity index is 1150. The summed E-state index contributed by atoms with van der Waals surface area (Å²) in [5, 5.41) is 8.83. The molecular weight excluding hydrogens is 497 g/mol. The number of hydrogen-bond donors (Lipinski definition) is 1. The Labute approximate surface area is 210 Å². The molecule has 0 aromatic heterocycles. The van der Waals surface area contributed by atoms with E-state index in [-0.39, 0.29) is 23.4 Å². The van der Waals surface area contributed by atoms with Gasteiger partial charge < -0.3 is 24.1 Å². The fourth-order valence-electron chi connectivity index (χ4n) is 3.11. The quantitative estimate of drug-likeness (QED) is 0.254. The van der Waals surface area contributed by atoms with Gasteiger partial charge in [0.15, 0.2) is 11.5 Å². The van der Waals surface area contributed by atoms with E-state index in [1.54, 1.807) is 36.4 Å². The molecule has 0 aliphatic rings. The Hall–Kier alpha value is -3.53. The van der Waals surface area contributed by atoms with Crippen LogP contribution < -0.4 is 18.9 Å². The molecule has 0 bridgehead atoms. The van der Waals surface area contributed by atoms with Crippen molar-refractivity contribution in [2.45, 2.75) is 37.6 Å². The van der Waals surface area contributed by atoms with E-state index in [9.17, 15) is 18.0 Å². The summed E-state index contributed by atoms with van der Waals surface area (Å²) < 4.78 is 59.5. The molecule has 0 saturated heterocycles. The standard InChI is InChI=1S/C26H25F3O6S/c1-17-14-20(9-11-24(17)36-16-25(30)31)32-13-12-18(2)33-22-10-8-21(35-26(27,28)29)15-23(22)34-19-6-4-3-5-7-19/h3-11,14-15,18H,12-13,16H2,1-2H3,(H,30,31)/t18-/m1/s1. The number of carbonyl (C=O) groups is 1. The Balaban J connectivity index is 1.61. The normalized spacial score (nSPS) is 12.0. The first kappa shape index (κ1) is 27.1. The molecule has 0 heterocycles. The van der Waals surface area contributed by atoms with Gasteiger partial charge in [0.25, 0.3) is 0 Å². The number of carboxylic acids is 1. The summed E-state index contributed by atoms with van der Waals surface area (Å²) in [7, 11) is 0. The highest BCUT2D eigenvalue weighted by molar-refractivity contribution is 8.00. The molecule has 0 saturated carbocycles. The van der Waals surface area contributed by atoms with Crippen LogP contribution in [0.3, 0.4) is 0 Å². The van der Waals surface area contributed by atoms with Gasteiger partial charge >= 0.3 is 12.3 Å². The third-order valence-corrected chi connectivity index (χ3v) is 5.90. The maximum atomic E-state index is 12.7. The van der Waals surface area contributed by atoms with Crippen LogP contribution in [0.5, 0.6) is 28.7 Å². The van der Waals surface area contributed by atoms with Gasteiger partial charge in [-0.25, -0.2) is 0 Å². The summed E-state index contributed by atoms with van der Waals surface area (Å²) >= 11 is 1.24. The molecule has 0 fully saturated rings. The first-order chi connectivity index (χ1) is 17.1. The Morgan fingerprint density at radius 2 is 1.69 bits per heavy atom. The summed E-state index contributed by atoms with van der Waals surface area (Å²) in [4.78, 5) is 11.6. The van der Waals surface area contributed by atoms with Crippen molar-refractivity contribution >= 4 is 17.7 Å². The number of aryl methyl sites for hydroxylation is 1. The highest BCUT2D eigenvalue weighted by Crippen LogP contribution is 2.37. The van der Waals surface area contributed by atoms with Crippen molar-refractivity contribution in [3.8, 4) is 28.7 Å². The number of hydrogen-bond acceptors (Lipinski definition) is 6. The summed E-state index contributed by atoms with van der Waals surface area (Å²) in [6, 6.07) is 17.7. The minimum Gasteiger partial charge on any atom is -0.493 e. The van der Waals surface area contributed by atoms with Crippen LogP contribution in [0.15, 0.2) is 71.6 Å². The fraction of sp³-hybridized carbons (Fsp3) is 0.269. The van der Waals surface area contributed by atoms with Crippen LogP contribution in [0.2, 0.25) is 0 Å². The van der Waals surface area contributed by atoms with E-state index >= 15 is 0 Å². The fourth-order valence-corrected chi connectivity index (χ4v) is 3.84. The minimum atomic E-state index is -4.83. The molecule has 3 aromatic carbocycles. The third-order valence-electron chi connectivity index (χ3n) is 4.74. The van der Waals surface area contributed by atoms with Crippen molar-refractivity contribution in [3.05, 3.63) is 72.3 Å². The molecular formula is C26H25F3O6S. The first-order valence-electron chi connectivity index (χ1n) is 11.0. The van der Waals surface area contributed by atoms with Gasteiger partial charge in [-0.1, -0.05) is 18.2 Å². The van der Waals surface area contributed by atoms with Gasteiger partial charge in [0.05, 0.1) is 18.5 Å². The van der Waals surface area contributed by atoms with Gasteiger partial charge in [-0.05, 0) is 61.9 Å². The average molecular weight is 523 g/mol. The molecule has 3 rings (SSSR count). The lowest BCUT2D eigenvalue weighted by Gasteiger charge is -2.19. The Morgan fingerprint density at radius 3 is 2.36 bits per heavy atom. The van der Waals surface area contributed by atoms with Crippen molar-refractivity contribution in [1.29, 1.82) is 0 Å². The predicted molar refractivity (Wildman–Crippen MR) is 129 cm³/mol. The molecule has 0 unspecified atom stereocenters. The lowest BCUT2D eigenvalue weighted by atomic mass is 10.2. The number of halogens is 3. The van der Waals surface area contributed by atoms with Gasteiger partial charge in [0, 0.05) is 17.4 Å². The molecule has 0 aliphatic heterocycles. The maximum Gasteiger partial charge on any atom is 0.573 e. The molecule has 6 nitrogen and oxygen atoms in total. The number of thioether (sulfide) groups is 1. The van der Waals surface area contributed by atoms with Crippen molar-refractivity contribution < 1.29 is 42.0 Å². The average Bonchev–Trinajstić information content (AvgIpc) is 2.80. The molecule has 1 N–H and O–H groups in total. The zero-order valence-corrected chi connectivity index (χ0v) is 20.4. The van der Waals surface area contributed by atoms with Crippen molar-refractivity contribution in [1.82, 2.24) is 0 Å². The van der Waals surface area contributed by atoms with E-state index in [1.165, 1.54) is 17.8 Å². The zero-order valence-electron chi connectivity index (χ0n) is 19.6. The van der Waals surface area contributed by atoms with Crippen LogP contribution in [0.1, 0.15) is 18.9 Å². The number of benzene rings is 3. The van der Waals surface area contributed by atoms with E-state index in [4.69, 9.17) is 19.3 Å². The van der Waals surface area contributed by atoms with Crippen LogP contribution >= 0.6 is 11.8 Å². The number of ether oxygens (including phenoxy) is 4. The second-order valence-corrected chi connectivity index (χ2v) is 8.76. The predicted octanol–water partition coefficient (Wildman–Crippen LogP) is 7.10. The number of aliphatic carboxylic acids is 1. The number of carboxylic acid groups (broad SMARTS) is 1. The van der Waals surface area contributed by atoms with Crippen LogP contribution in [0, 0.1) is 6.92 Å². The third kappa shape index (κ3) is 8.92. The van der Waals surface area contributed by atoms with E-state index in [0.29, 0.717) is 24.5 Å². The van der Waals surface area contributed by atoms with Gasteiger partial charge in [-0.3, -0.25) is 4.79 Å². The lowest BCUT2D eigenvalue weighted by Crippen LogP contribution is -2.18. The van der Waals surface area contributed by atoms with Gasteiger partial charge in [0.1, 0.15) is 17.2 Å². The maximum absolute atomic E-state index is 12.7. The number of para-hydroxylation sites is 1. The van der Waals surface area contributed by atoms with E-state index in [1.807, 2.05) is 26.0 Å². The van der Waals surface area contributed by atoms with Crippen molar-refractivity contribution in [2.75, 3.05) is 12.4 Å². The monoisotopic (exact) mass is 522 g/mol. The van der Waals surface area contributed by atoms with Crippen LogP contribution in [0.4, 0.5) is 13.2 Å². The smallest absolute Gasteiger partial charge is 0.493 e. The summed E-state index contributed by atoms with van der Waals surface area (Å²) in [5.74, 6) is 0.0989. The highest BCUT2D eigenvalue weighted by atomic mass is 32.2. The van der Waals surface area contributed by atoms with Crippen molar-refractivity contribution in [2.24, 2.45) is 0 Å². The molecule has 36 heavy (non-hydrogen) atoms. The SMILES string of the molecule is Cc1cc(OCC[C@@H](C)Oc2ccc(OC(F)(F)F)cc2Oc2ccccc2)ccc1SCC(=O)O. The molecule has 0 aliphatic carbocycles. The molecule has 192 valence electrons. The Morgan fingerprint density at radius 1 is 0.972 bits per heavy atom. The number of rotatable bonds is 12. The van der Waals surface area contributed by atoms with Gasteiger partial charge in [0.2, 0.25) is 0 Å². The molecule has 3 aromatic rings. The lowest BCUT2D eigenvalue weighted by molar-refractivity contribution is -0.274. The largest absolute Gasteiger partial charge is 0.573 e. The van der Waals surface area contributed by atoms with Crippen molar-refractivity contribution in [3.63, 3.8) is 0 Å².